The van der Waals surface area contributed by atoms with E-state index < -0.39 is 23.5 Å². The molecule has 1 aliphatic heterocycles. The van der Waals surface area contributed by atoms with E-state index in [9.17, 15) is 22.8 Å². The maximum atomic E-state index is 13.8. The summed E-state index contributed by atoms with van der Waals surface area (Å²) in [6.45, 7) is 1.53. The van der Waals surface area contributed by atoms with Crippen molar-refractivity contribution in [2.75, 3.05) is 45.2 Å². The zero-order valence-electron chi connectivity index (χ0n) is 18.2. The van der Waals surface area contributed by atoms with Crippen molar-refractivity contribution in [3.05, 3.63) is 65.0 Å². The fraction of sp³-hybridized carbons (Fsp3) is 0.391. The highest BCUT2D eigenvalue weighted by Crippen LogP contribution is 2.17. The van der Waals surface area contributed by atoms with Crippen LogP contribution in [-0.2, 0) is 11.2 Å². The molecular formula is C23H27F3N4O2. The van der Waals surface area contributed by atoms with Gasteiger partial charge in [-0.3, -0.25) is 9.59 Å². The van der Waals surface area contributed by atoms with Gasteiger partial charge >= 0.3 is 0 Å². The number of nitrogens with zero attached hydrogens (tertiary/aromatic N) is 3. The minimum atomic E-state index is -1.27. The molecule has 2 amide bonds. The Hall–Kier alpha value is -3.07. The molecule has 1 aliphatic rings. The highest BCUT2D eigenvalue weighted by atomic mass is 19.2. The number of hydrogen-bond acceptors (Lipinski definition) is 4. The number of carbonyl (C=O) groups is 2. The lowest BCUT2D eigenvalue weighted by molar-refractivity contribution is -0.133. The molecule has 0 bridgehead atoms. The van der Waals surface area contributed by atoms with Crippen molar-refractivity contribution in [3.8, 4) is 0 Å². The number of piperazine rings is 1. The van der Waals surface area contributed by atoms with Gasteiger partial charge in [-0.05, 0) is 42.3 Å². The van der Waals surface area contributed by atoms with Crippen LogP contribution in [0.25, 0.3) is 0 Å². The maximum absolute atomic E-state index is 13.8. The van der Waals surface area contributed by atoms with Gasteiger partial charge in [-0.1, -0.05) is 0 Å². The normalized spacial score (nSPS) is 14.9. The van der Waals surface area contributed by atoms with E-state index in [1.807, 2.05) is 31.1 Å². The Bertz CT molecular complexity index is 974. The average molecular weight is 448 g/mol. The van der Waals surface area contributed by atoms with Gasteiger partial charge in [0.25, 0.3) is 5.91 Å². The molecule has 0 aliphatic carbocycles. The van der Waals surface area contributed by atoms with Gasteiger partial charge < -0.3 is 20.4 Å². The zero-order valence-corrected chi connectivity index (χ0v) is 18.2. The predicted molar refractivity (Wildman–Crippen MR) is 116 cm³/mol. The van der Waals surface area contributed by atoms with Crippen LogP contribution in [0.2, 0.25) is 0 Å². The van der Waals surface area contributed by atoms with Gasteiger partial charge in [-0.2, -0.15) is 0 Å². The van der Waals surface area contributed by atoms with Crippen LogP contribution >= 0.6 is 0 Å². The fourth-order valence-electron chi connectivity index (χ4n) is 3.67. The van der Waals surface area contributed by atoms with Crippen LogP contribution < -0.4 is 10.6 Å². The van der Waals surface area contributed by atoms with E-state index in [4.69, 9.17) is 5.73 Å². The van der Waals surface area contributed by atoms with Crippen LogP contribution in [0.3, 0.4) is 0 Å². The van der Waals surface area contributed by atoms with E-state index in [0.29, 0.717) is 37.8 Å². The first-order chi connectivity index (χ1) is 15.2. The van der Waals surface area contributed by atoms with Crippen LogP contribution in [0.15, 0.2) is 36.4 Å². The van der Waals surface area contributed by atoms with Crippen molar-refractivity contribution in [2.45, 2.75) is 18.9 Å². The van der Waals surface area contributed by atoms with Gasteiger partial charge in [0, 0.05) is 70.1 Å². The van der Waals surface area contributed by atoms with Gasteiger partial charge in [-0.25, -0.2) is 13.2 Å². The first-order valence-corrected chi connectivity index (χ1v) is 10.4. The van der Waals surface area contributed by atoms with Crippen molar-refractivity contribution >= 4 is 17.5 Å². The van der Waals surface area contributed by atoms with Crippen molar-refractivity contribution < 1.29 is 22.8 Å². The molecule has 1 atom stereocenters. The molecule has 1 saturated heterocycles. The van der Waals surface area contributed by atoms with Gasteiger partial charge in [0.2, 0.25) is 5.91 Å². The van der Waals surface area contributed by atoms with Gasteiger partial charge in [-0.15, -0.1) is 0 Å². The number of nitrogens with two attached hydrogens (primary N) is 1. The highest BCUT2D eigenvalue weighted by molar-refractivity contribution is 5.94. The van der Waals surface area contributed by atoms with E-state index in [0.717, 1.165) is 11.8 Å². The molecule has 172 valence electrons. The van der Waals surface area contributed by atoms with Crippen molar-refractivity contribution in [1.29, 1.82) is 0 Å². The van der Waals surface area contributed by atoms with Crippen molar-refractivity contribution in [2.24, 2.45) is 5.73 Å². The lowest BCUT2D eigenvalue weighted by atomic mass is 10.0. The molecule has 6 nitrogen and oxygen atoms in total. The Labute approximate surface area is 185 Å². The third-order valence-corrected chi connectivity index (χ3v) is 5.56. The molecule has 1 fully saturated rings. The summed E-state index contributed by atoms with van der Waals surface area (Å²) in [6, 6.07) is 7.83. The molecule has 0 spiro atoms. The molecule has 2 aromatic rings. The van der Waals surface area contributed by atoms with Crippen molar-refractivity contribution in [3.63, 3.8) is 0 Å². The number of anilines is 1. The van der Waals surface area contributed by atoms with E-state index in [1.54, 1.807) is 21.9 Å². The molecule has 3 rings (SSSR count). The zero-order chi connectivity index (χ0) is 23.4. The Morgan fingerprint density at radius 3 is 2.09 bits per heavy atom. The third kappa shape index (κ3) is 5.59. The minimum Gasteiger partial charge on any atom is -0.378 e. The largest absolute Gasteiger partial charge is 0.378 e. The molecule has 2 aromatic carbocycles. The summed E-state index contributed by atoms with van der Waals surface area (Å²) in [4.78, 5) is 30.5. The monoisotopic (exact) mass is 448 g/mol. The van der Waals surface area contributed by atoms with Crippen LogP contribution in [0.1, 0.15) is 22.3 Å². The summed E-state index contributed by atoms with van der Waals surface area (Å²) >= 11 is 0. The molecule has 0 radical (unpaired) electrons. The second kappa shape index (κ2) is 10.0. The Kier molecular flexibility index (Phi) is 7.40. The van der Waals surface area contributed by atoms with Crippen LogP contribution in [0.5, 0.6) is 0 Å². The summed E-state index contributed by atoms with van der Waals surface area (Å²) in [6.07, 6.45) is -0.144. The fourth-order valence-corrected chi connectivity index (χ4v) is 3.67. The van der Waals surface area contributed by atoms with Crippen molar-refractivity contribution in [1.82, 2.24) is 9.80 Å². The summed E-state index contributed by atoms with van der Waals surface area (Å²) in [7, 11) is 3.85. The summed E-state index contributed by atoms with van der Waals surface area (Å²) < 4.78 is 40.2. The molecule has 9 heteroatoms. The number of hydrogen-bond donors (Lipinski definition) is 1. The minimum absolute atomic E-state index is 0.0572. The predicted octanol–water partition coefficient (Wildman–Crippen LogP) is 2.41. The molecular weight excluding hydrogens is 421 g/mol. The SMILES string of the molecule is CN(C)c1ccc(C(=O)N2CCN(C(=O)C[C@H](N)Cc3cc(F)c(F)cc3F)CC2)cc1. The average Bonchev–Trinajstić information content (AvgIpc) is 2.77. The van der Waals surface area contributed by atoms with Crippen LogP contribution in [-0.4, -0.2) is 67.9 Å². The lowest BCUT2D eigenvalue weighted by Crippen LogP contribution is -2.51. The number of amides is 2. The van der Waals surface area contributed by atoms with E-state index in [-0.39, 0.29) is 30.2 Å². The molecule has 2 N–H and O–H groups in total. The van der Waals surface area contributed by atoms with Crippen LogP contribution in [0.4, 0.5) is 18.9 Å². The Morgan fingerprint density at radius 1 is 0.938 bits per heavy atom. The quantitative estimate of drug-likeness (QED) is 0.690. The van der Waals surface area contributed by atoms with Crippen LogP contribution in [0, 0.1) is 17.5 Å². The molecule has 0 aromatic heterocycles. The maximum Gasteiger partial charge on any atom is 0.253 e. The topological polar surface area (TPSA) is 69.9 Å². The van der Waals surface area contributed by atoms with E-state index >= 15 is 0 Å². The highest BCUT2D eigenvalue weighted by Gasteiger charge is 2.26. The molecule has 1 heterocycles. The molecule has 32 heavy (non-hydrogen) atoms. The Morgan fingerprint density at radius 2 is 1.50 bits per heavy atom. The summed E-state index contributed by atoms with van der Waals surface area (Å²) in [5, 5.41) is 0. The first kappa shape index (κ1) is 23.6. The third-order valence-electron chi connectivity index (χ3n) is 5.56. The molecule has 0 saturated carbocycles. The first-order valence-electron chi connectivity index (χ1n) is 10.4. The second-order valence-corrected chi connectivity index (χ2v) is 8.14. The van der Waals surface area contributed by atoms with Gasteiger partial charge in [0.1, 0.15) is 5.82 Å². The summed E-state index contributed by atoms with van der Waals surface area (Å²) in [5.74, 6) is -3.62. The lowest BCUT2D eigenvalue weighted by Gasteiger charge is -2.35. The number of benzene rings is 2. The molecule has 0 unspecified atom stereocenters. The summed E-state index contributed by atoms with van der Waals surface area (Å²) in [5.41, 5.74) is 7.47. The second-order valence-electron chi connectivity index (χ2n) is 8.14. The number of rotatable bonds is 6. The van der Waals surface area contributed by atoms with Gasteiger partial charge in [0.05, 0.1) is 0 Å². The Balaban J connectivity index is 1.50. The number of carbonyl (C=O) groups excluding carboxylic acids is 2. The van der Waals surface area contributed by atoms with Gasteiger partial charge in [0.15, 0.2) is 11.6 Å². The number of halogens is 3. The smallest absolute Gasteiger partial charge is 0.253 e. The van der Waals surface area contributed by atoms with E-state index in [2.05, 4.69) is 0 Å². The standard InChI is InChI=1S/C23H27F3N4O2/c1-28(2)18-5-3-15(4-6-18)23(32)30-9-7-29(8-10-30)22(31)13-17(27)11-16-12-20(25)21(26)14-19(16)24/h3-6,12,14,17H,7-11,13,27H2,1-2H3/t17-/m1/s1. The van der Waals surface area contributed by atoms with E-state index in [1.165, 1.54) is 0 Å².